The fourth-order valence-corrected chi connectivity index (χ4v) is 4.55. The lowest BCUT2D eigenvalue weighted by Gasteiger charge is -2.19. The molecule has 5 nitrogen and oxygen atoms in total. The zero-order valence-corrected chi connectivity index (χ0v) is 12.8. The Morgan fingerprint density at radius 2 is 1.91 bits per heavy atom. The van der Waals surface area contributed by atoms with Gasteiger partial charge in [0.25, 0.3) is 5.91 Å². The summed E-state index contributed by atoms with van der Waals surface area (Å²) in [7, 11) is -3.27. The second-order valence-electron chi connectivity index (χ2n) is 5.36. The minimum Gasteiger partial charge on any atom is -0.472 e. The number of benzene rings is 1. The minimum atomic E-state index is -3.27. The van der Waals surface area contributed by atoms with Gasteiger partial charge < -0.3 is 9.32 Å². The largest absolute Gasteiger partial charge is 0.472 e. The lowest BCUT2D eigenvalue weighted by atomic mass is 10.1. The van der Waals surface area contributed by atoms with Crippen LogP contribution in [-0.2, 0) is 9.84 Å². The van der Waals surface area contributed by atoms with Crippen molar-refractivity contribution in [3.05, 3.63) is 60.1 Å². The zero-order chi connectivity index (χ0) is 15.6. The fraction of sp³-hybridized carbons (Fsp3) is 0.312. The highest BCUT2D eigenvalue weighted by Crippen LogP contribution is 2.29. The van der Waals surface area contributed by atoms with Gasteiger partial charge in [0.05, 0.1) is 22.8 Å². The van der Waals surface area contributed by atoms with Crippen molar-refractivity contribution in [1.29, 1.82) is 0 Å². The maximum atomic E-state index is 12.5. The van der Waals surface area contributed by atoms with Gasteiger partial charge in [0.15, 0.2) is 9.84 Å². The Balaban J connectivity index is 1.82. The van der Waals surface area contributed by atoms with Crippen molar-refractivity contribution in [2.45, 2.75) is 11.7 Å². The minimum absolute atomic E-state index is 0.0177. The Hall–Kier alpha value is -2.08. The first-order valence-corrected chi connectivity index (χ1v) is 8.87. The monoisotopic (exact) mass is 319 g/mol. The Labute approximate surface area is 129 Å². The van der Waals surface area contributed by atoms with Crippen molar-refractivity contribution >= 4 is 15.7 Å². The van der Waals surface area contributed by atoms with Crippen LogP contribution >= 0.6 is 0 Å². The van der Waals surface area contributed by atoms with E-state index in [4.69, 9.17) is 4.42 Å². The van der Waals surface area contributed by atoms with Crippen LogP contribution in [0.25, 0.3) is 0 Å². The highest BCUT2D eigenvalue weighted by Gasteiger charge is 2.32. The molecule has 1 aromatic heterocycles. The molecule has 116 valence electrons. The average Bonchev–Trinajstić information content (AvgIpc) is 3.00. The van der Waals surface area contributed by atoms with E-state index in [1.165, 1.54) is 12.5 Å². The van der Waals surface area contributed by atoms with Gasteiger partial charge in [-0.25, -0.2) is 8.42 Å². The summed E-state index contributed by atoms with van der Waals surface area (Å²) in [5, 5.41) is -0.546. The van der Waals surface area contributed by atoms with Crippen LogP contribution in [-0.4, -0.2) is 38.1 Å². The standard InChI is InChI=1S/C16H17NO4S/c18-16(14-7-10-21-12-14)17-8-6-15(22(19,20)11-9-17)13-4-2-1-3-5-13/h1-5,7,10,12,15H,6,8-9,11H2/t15-/m1/s1. The van der Waals surface area contributed by atoms with E-state index >= 15 is 0 Å². The van der Waals surface area contributed by atoms with Crippen molar-refractivity contribution < 1.29 is 17.6 Å². The third kappa shape index (κ3) is 2.92. The first kappa shape index (κ1) is 14.8. The normalized spacial score (nSPS) is 21.3. The molecule has 22 heavy (non-hydrogen) atoms. The molecule has 6 heteroatoms. The zero-order valence-electron chi connectivity index (χ0n) is 12.0. The summed E-state index contributed by atoms with van der Waals surface area (Å²) in [4.78, 5) is 13.9. The van der Waals surface area contributed by atoms with Crippen LogP contribution in [0.2, 0.25) is 0 Å². The SMILES string of the molecule is O=C(c1ccoc1)N1CC[C@H](c2ccccc2)S(=O)(=O)CC1. The molecule has 1 amide bonds. The van der Waals surface area contributed by atoms with Gasteiger partial charge in [-0.3, -0.25) is 4.79 Å². The van der Waals surface area contributed by atoms with Crippen LogP contribution in [0, 0.1) is 0 Å². The molecule has 0 aliphatic carbocycles. The number of carbonyl (C=O) groups is 1. The Kier molecular flexibility index (Phi) is 4.02. The maximum absolute atomic E-state index is 12.5. The molecular weight excluding hydrogens is 302 g/mol. The predicted octanol–water partition coefficient (Wildman–Crippen LogP) is 2.28. The van der Waals surface area contributed by atoms with E-state index in [2.05, 4.69) is 0 Å². The summed E-state index contributed by atoms with van der Waals surface area (Å²) in [5.74, 6) is -0.200. The highest BCUT2D eigenvalue weighted by molar-refractivity contribution is 7.91. The summed E-state index contributed by atoms with van der Waals surface area (Å²) in [6, 6.07) is 10.8. The van der Waals surface area contributed by atoms with E-state index in [0.29, 0.717) is 18.5 Å². The molecule has 1 aliphatic heterocycles. The molecule has 0 bridgehead atoms. The van der Waals surface area contributed by atoms with Crippen LogP contribution < -0.4 is 0 Å². The molecule has 3 rings (SSSR count). The Bertz CT molecular complexity index is 738. The number of furan rings is 1. The number of amides is 1. The number of rotatable bonds is 2. The Morgan fingerprint density at radius 3 is 2.59 bits per heavy atom. The summed E-state index contributed by atoms with van der Waals surface area (Å²) in [5.41, 5.74) is 1.25. The van der Waals surface area contributed by atoms with Gasteiger partial charge in [-0.15, -0.1) is 0 Å². The van der Waals surface area contributed by atoms with E-state index in [0.717, 1.165) is 5.56 Å². The van der Waals surface area contributed by atoms with Crippen molar-refractivity contribution in [1.82, 2.24) is 4.90 Å². The second-order valence-corrected chi connectivity index (χ2v) is 7.66. The van der Waals surface area contributed by atoms with Crippen molar-refractivity contribution in [2.75, 3.05) is 18.8 Å². The van der Waals surface area contributed by atoms with Crippen LogP contribution in [0.15, 0.2) is 53.3 Å². The van der Waals surface area contributed by atoms with Gasteiger partial charge >= 0.3 is 0 Å². The molecule has 1 saturated heterocycles. The molecule has 1 fully saturated rings. The van der Waals surface area contributed by atoms with Crippen LogP contribution in [0.3, 0.4) is 0 Å². The summed E-state index contributed by atoms with van der Waals surface area (Å²) >= 11 is 0. The third-order valence-electron chi connectivity index (χ3n) is 3.97. The molecule has 1 atom stereocenters. The average molecular weight is 319 g/mol. The molecule has 0 radical (unpaired) electrons. The smallest absolute Gasteiger partial charge is 0.257 e. The number of hydrogen-bond donors (Lipinski definition) is 0. The lowest BCUT2D eigenvalue weighted by Crippen LogP contribution is -2.33. The highest BCUT2D eigenvalue weighted by atomic mass is 32.2. The summed E-state index contributed by atoms with van der Waals surface area (Å²) < 4.78 is 29.9. The van der Waals surface area contributed by atoms with Gasteiger partial charge in [0, 0.05) is 13.1 Å². The van der Waals surface area contributed by atoms with Crippen LogP contribution in [0.4, 0.5) is 0 Å². The van der Waals surface area contributed by atoms with E-state index in [-0.39, 0.29) is 18.2 Å². The van der Waals surface area contributed by atoms with Gasteiger partial charge in [-0.05, 0) is 18.1 Å². The van der Waals surface area contributed by atoms with Crippen molar-refractivity contribution in [2.24, 2.45) is 0 Å². The van der Waals surface area contributed by atoms with E-state index in [1.807, 2.05) is 30.3 Å². The van der Waals surface area contributed by atoms with Crippen molar-refractivity contribution in [3.63, 3.8) is 0 Å². The third-order valence-corrected chi connectivity index (χ3v) is 6.09. The Morgan fingerprint density at radius 1 is 1.14 bits per heavy atom. The first-order valence-electron chi connectivity index (χ1n) is 7.16. The van der Waals surface area contributed by atoms with Gasteiger partial charge in [0.1, 0.15) is 6.26 Å². The molecule has 1 aromatic carbocycles. The molecule has 0 saturated carbocycles. The quantitative estimate of drug-likeness (QED) is 0.851. The maximum Gasteiger partial charge on any atom is 0.257 e. The molecular formula is C16H17NO4S. The van der Waals surface area contributed by atoms with E-state index in [9.17, 15) is 13.2 Å². The number of carbonyl (C=O) groups excluding carboxylic acids is 1. The second kappa shape index (κ2) is 5.96. The summed E-state index contributed by atoms with van der Waals surface area (Å²) in [6.07, 6.45) is 3.24. The molecule has 0 spiro atoms. The topological polar surface area (TPSA) is 67.6 Å². The molecule has 0 unspecified atom stereocenters. The van der Waals surface area contributed by atoms with Gasteiger partial charge in [-0.2, -0.15) is 0 Å². The van der Waals surface area contributed by atoms with Crippen LogP contribution in [0.5, 0.6) is 0 Å². The number of nitrogens with zero attached hydrogens (tertiary/aromatic N) is 1. The van der Waals surface area contributed by atoms with Gasteiger partial charge in [0.2, 0.25) is 0 Å². The van der Waals surface area contributed by atoms with Crippen LogP contribution in [0.1, 0.15) is 27.6 Å². The molecule has 2 heterocycles. The number of sulfone groups is 1. The molecule has 2 aromatic rings. The first-order chi connectivity index (χ1) is 10.6. The van der Waals surface area contributed by atoms with E-state index < -0.39 is 15.1 Å². The molecule has 1 aliphatic rings. The fourth-order valence-electron chi connectivity index (χ4n) is 2.76. The number of hydrogen-bond acceptors (Lipinski definition) is 4. The predicted molar refractivity (Wildman–Crippen MR) is 82.2 cm³/mol. The molecule has 0 N–H and O–H groups in total. The lowest BCUT2D eigenvalue weighted by molar-refractivity contribution is 0.0766. The van der Waals surface area contributed by atoms with Gasteiger partial charge in [-0.1, -0.05) is 30.3 Å². The van der Waals surface area contributed by atoms with E-state index in [1.54, 1.807) is 11.0 Å². The van der Waals surface area contributed by atoms with Crippen molar-refractivity contribution in [3.8, 4) is 0 Å². The summed E-state index contributed by atoms with van der Waals surface area (Å²) in [6.45, 7) is 0.637.